The lowest BCUT2D eigenvalue weighted by molar-refractivity contribution is 0.156. The van der Waals surface area contributed by atoms with E-state index in [1.165, 1.54) is 11.1 Å². The number of hydrogen-bond donors (Lipinski definition) is 1. The summed E-state index contributed by atoms with van der Waals surface area (Å²) in [4.78, 5) is 2.43. The molecule has 20 heavy (non-hydrogen) atoms. The fourth-order valence-corrected chi connectivity index (χ4v) is 2.72. The quantitative estimate of drug-likeness (QED) is 0.828. The van der Waals surface area contributed by atoms with E-state index in [1.807, 2.05) is 0 Å². The summed E-state index contributed by atoms with van der Waals surface area (Å²) in [5, 5.41) is 3.50. The van der Waals surface area contributed by atoms with Crippen LogP contribution in [0.2, 0.25) is 0 Å². The van der Waals surface area contributed by atoms with Crippen molar-refractivity contribution in [3.63, 3.8) is 0 Å². The number of ether oxygens (including phenoxy) is 1. The lowest BCUT2D eigenvalue weighted by Gasteiger charge is -2.24. The van der Waals surface area contributed by atoms with Gasteiger partial charge in [-0.3, -0.25) is 4.90 Å². The minimum atomic E-state index is 0.556. The molecule has 2 rings (SSSR count). The predicted molar refractivity (Wildman–Crippen MR) is 84.0 cm³/mol. The minimum Gasteiger partial charge on any atom is -0.380 e. The Morgan fingerprint density at radius 3 is 2.70 bits per heavy atom. The second kappa shape index (κ2) is 7.77. The normalized spacial score (nSPS) is 19.1. The highest BCUT2D eigenvalue weighted by molar-refractivity contribution is 5.27. The highest BCUT2D eigenvalue weighted by Crippen LogP contribution is 2.17. The number of hydrogen-bond acceptors (Lipinski definition) is 3. The highest BCUT2D eigenvalue weighted by Gasteiger charge is 2.20. The zero-order valence-corrected chi connectivity index (χ0v) is 13.1. The zero-order valence-electron chi connectivity index (χ0n) is 13.1. The Morgan fingerprint density at radius 2 is 2.05 bits per heavy atom. The van der Waals surface area contributed by atoms with Crippen molar-refractivity contribution in [1.29, 1.82) is 0 Å². The second-order valence-corrected chi connectivity index (χ2v) is 6.06. The van der Waals surface area contributed by atoms with Gasteiger partial charge >= 0.3 is 0 Å². The first-order chi connectivity index (χ1) is 9.66. The van der Waals surface area contributed by atoms with Gasteiger partial charge in [-0.05, 0) is 37.6 Å². The maximum Gasteiger partial charge on any atom is 0.0622 e. The van der Waals surface area contributed by atoms with Crippen molar-refractivity contribution in [2.75, 3.05) is 26.8 Å². The molecule has 1 aromatic carbocycles. The number of nitrogens with zero attached hydrogens (tertiary/aromatic N) is 1. The molecule has 0 bridgehead atoms. The van der Waals surface area contributed by atoms with Crippen LogP contribution in [-0.4, -0.2) is 43.8 Å². The predicted octanol–water partition coefficient (Wildman–Crippen LogP) is 2.45. The molecule has 0 saturated carbocycles. The summed E-state index contributed by atoms with van der Waals surface area (Å²) in [6.45, 7) is 8.25. The van der Waals surface area contributed by atoms with Crippen molar-refractivity contribution >= 4 is 0 Å². The van der Waals surface area contributed by atoms with E-state index in [4.69, 9.17) is 4.74 Å². The largest absolute Gasteiger partial charge is 0.380 e. The summed E-state index contributed by atoms with van der Waals surface area (Å²) in [6, 6.07) is 9.95. The van der Waals surface area contributed by atoms with Crippen molar-refractivity contribution < 1.29 is 4.74 Å². The summed E-state index contributed by atoms with van der Waals surface area (Å²) in [7, 11) is 2.21. The van der Waals surface area contributed by atoms with Gasteiger partial charge < -0.3 is 10.1 Å². The van der Waals surface area contributed by atoms with Crippen LogP contribution in [0.4, 0.5) is 0 Å². The van der Waals surface area contributed by atoms with Crippen molar-refractivity contribution in [3.8, 4) is 0 Å². The summed E-state index contributed by atoms with van der Waals surface area (Å²) in [5.41, 5.74) is 2.92. The van der Waals surface area contributed by atoms with Crippen LogP contribution >= 0.6 is 0 Å². The van der Waals surface area contributed by atoms with Crippen LogP contribution in [-0.2, 0) is 17.7 Å². The third-order valence-corrected chi connectivity index (χ3v) is 4.01. The van der Waals surface area contributed by atoms with Gasteiger partial charge in [0.05, 0.1) is 6.61 Å². The molecule has 0 aliphatic carbocycles. The third kappa shape index (κ3) is 4.58. The van der Waals surface area contributed by atoms with E-state index in [0.29, 0.717) is 12.1 Å². The van der Waals surface area contributed by atoms with Crippen LogP contribution in [0, 0.1) is 0 Å². The summed E-state index contributed by atoms with van der Waals surface area (Å²) < 4.78 is 5.49. The molecule has 112 valence electrons. The molecule has 1 aliphatic heterocycles. The first-order valence-electron chi connectivity index (χ1n) is 7.75. The molecule has 1 saturated heterocycles. The molecule has 1 unspecified atom stereocenters. The van der Waals surface area contributed by atoms with E-state index in [2.05, 4.69) is 55.4 Å². The Morgan fingerprint density at radius 1 is 1.30 bits per heavy atom. The lowest BCUT2D eigenvalue weighted by Crippen LogP contribution is -2.32. The van der Waals surface area contributed by atoms with Gasteiger partial charge in [-0.1, -0.05) is 38.1 Å². The van der Waals surface area contributed by atoms with E-state index in [-0.39, 0.29) is 0 Å². The average Bonchev–Trinajstić information content (AvgIpc) is 2.94. The van der Waals surface area contributed by atoms with E-state index >= 15 is 0 Å². The first kappa shape index (κ1) is 15.5. The van der Waals surface area contributed by atoms with E-state index in [1.54, 1.807) is 0 Å². The molecule has 1 aliphatic rings. The Labute approximate surface area is 123 Å². The van der Waals surface area contributed by atoms with Crippen LogP contribution in [0.25, 0.3) is 0 Å². The van der Waals surface area contributed by atoms with Gasteiger partial charge in [0.25, 0.3) is 0 Å². The lowest BCUT2D eigenvalue weighted by atomic mass is 10.0. The Kier molecular flexibility index (Phi) is 6.02. The Balaban J connectivity index is 1.92. The standard InChI is InChI=1S/C17H28N2O/c1-14(2)18-10-8-15-6-4-5-7-16(15)12-19(3)17-9-11-20-13-17/h4-7,14,17-18H,8-13H2,1-3H3. The molecule has 3 nitrogen and oxygen atoms in total. The maximum absolute atomic E-state index is 5.49. The summed E-state index contributed by atoms with van der Waals surface area (Å²) in [5.74, 6) is 0. The van der Waals surface area contributed by atoms with E-state index < -0.39 is 0 Å². The third-order valence-electron chi connectivity index (χ3n) is 4.01. The topological polar surface area (TPSA) is 24.5 Å². The molecule has 1 heterocycles. The van der Waals surface area contributed by atoms with Crippen molar-refractivity contribution in [2.24, 2.45) is 0 Å². The van der Waals surface area contributed by atoms with E-state index in [9.17, 15) is 0 Å². The molecule has 0 aromatic heterocycles. The summed E-state index contributed by atoms with van der Waals surface area (Å²) in [6.07, 6.45) is 2.26. The summed E-state index contributed by atoms with van der Waals surface area (Å²) >= 11 is 0. The van der Waals surface area contributed by atoms with Gasteiger partial charge in [0.15, 0.2) is 0 Å². The average molecular weight is 276 g/mol. The SMILES string of the molecule is CC(C)NCCc1ccccc1CN(C)C1CCOC1. The van der Waals surface area contributed by atoms with Gasteiger partial charge in [-0.15, -0.1) is 0 Å². The molecular formula is C17H28N2O. The molecule has 1 atom stereocenters. The fraction of sp³-hybridized carbons (Fsp3) is 0.647. The number of benzene rings is 1. The molecule has 1 aromatic rings. The Bertz CT molecular complexity index is 400. The van der Waals surface area contributed by atoms with Gasteiger partial charge in [-0.2, -0.15) is 0 Å². The Hall–Kier alpha value is -0.900. The van der Waals surface area contributed by atoms with Crippen molar-refractivity contribution in [1.82, 2.24) is 10.2 Å². The van der Waals surface area contributed by atoms with Crippen LogP contribution < -0.4 is 5.32 Å². The monoisotopic (exact) mass is 276 g/mol. The van der Waals surface area contributed by atoms with Gasteiger partial charge in [0.2, 0.25) is 0 Å². The maximum atomic E-state index is 5.49. The van der Waals surface area contributed by atoms with Crippen LogP contribution in [0.1, 0.15) is 31.4 Å². The molecule has 0 spiro atoms. The van der Waals surface area contributed by atoms with Crippen LogP contribution in [0.5, 0.6) is 0 Å². The number of rotatable bonds is 7. The molecular weight excluding hydrogens is 248 g/mol. The van der Waals surface area contributed by atoms with E-state index in [0.717, 1.165) is 39.1 Å². The second-order valence-electron chi connectivity index (χ2n) is 6.06. The van der Waals surface area contributed by atoms with Crippen LogP contribution in [0.15, 0.2) is 24.3 Å². The van der Waals surface area contributed by atoms with Crippen molar-refractivity contribution in [3.05, 3.63) is 35.4 Å². The molecule has 0 radical (unpaired) electrons. The van der Waals surface area contributed by atoms with Gasteiger partial charge in [0, 0.05) is 25.2 Å². The highest BCUT2D eigenvalue weighted by atomic mass is 16.5. The van der Waals surface area contributed by atoms with Gasteiger partial charge in [-0.25, -0.2) is 0 Å². The molecule has 0 amide bonds. The molecule has 1 fully saturated rings. The number of nitrogens with one attached hydrogen (secondary N) is 1. The van der Waals surface area contributed by atoms with Gasteiger partial charge in [0.1, 0.15) is 0 Å². The number of likely N-dealkylation sites (N-methyl/N-ethyl adjacent to an activating group) is 1. The van der Waals surface area contributed by atoms with Crippen molar-refractivity contribution in [2.45, 2.75) is 45.3 Å². The molecule has 1 N–H and O–H groups in total. The first-order valence-corrected chi connectivity index (χ1v) is 7.75. The fourth-order valence-electron chi connectivity index (χ4n) is 2.72. The zero-order chi connectivity index (χ0) is 14.4. The minimum absolute atomic E-state index is 0.556. The molecule has 3 heteroatoms. The smallest absolute Gasteiger partial charge is 0.0622 e. The van der Waals surface area contributed by atoms with Crippen LogP contribution in [0.3, 0.4) is 0 Å².